The number of hydrogen-bond donors (Lipinski definition) is 2. The maximum atomic E-state index is 14.0. The molecule has 7 rings (SSSR count). The number of benzene rings is 1. The van der Waals surface area contributed by atoms with Gasteiger partial charge in [0.15, 0.2) is 0 Å². The first-order valence-electron chi connectivity index (χ1n) is 18.4. The van der Waals surface area contributed by atoms with Crippen molar-refractivity contribution in [2.45, 2.75) is 90.6 Å². The number of nitrogens with zero attached hydrogens (tertiary/aromatic N) is 4. The fourth-order valence-corrected chi connectivity index (χ4v) is 8.35. The van der Waals surface area contributed by atoms with Gasteiger partial charge in [-0.1, -0.05) is 19.9 Å². The minimum atomic E-state index is -0.984. The first-order valence-corrected chi connectivity index (χ1v) is 19.3. The number of aromatic nitrogens is 3. The Hall–Kier alpha value is -2.97. The lowest BCUT2D eigenvalue weighted by Crippen LogP contribution is -2.60. The van der Waals surface area contributed by atoms with Crippen LogP contribution in [0.4, 0.5) is 4.79 Å². The van der Waals surface area contributed by atoms with Gasteiger partial charge in [-0.3, -0.25) is 19.6 Å². The second-order valence-electron chi connectivity index (χ2n) is 14.8. The van der Waals surface area contributed by atoms with Crippen molar-refractivity contribution in [3.63, 3.8) is 0 Å². The Morgan fingerprint density at radius 3 is 2.67 bits per heavy atom. The number of carbonyl (C=O) groups excluding carboxylic acids is 3. The summed E-state index contributed by atoms with van der Waals surface area (Å²) in [5.41, 5.74) is 9.46. The van der Waals surface area contributed by atoms with Crippen LogP contribution >= 0.6 is 65.3 Å². The Labute approximate surface area is 366 Å². The van der Waals surface area contributed by atoms with Crippen LogP contribution in [-0.4, -0.2) is 89.2 Å². The second-order valence-corrected chi connectivity index (χ2v) is 15.7. The molecule has 314 valence electrons. The smallest absolute Gasteiger partial charge is 0.408 e. The maximum absolute atomic E-state index is 14.0. The van der Waals surface area contributed by atoms with Crippen molar-refractivity contribution >= 4 is 94.2 Å². The van der Waals surface area contributed by atoms with Crippen molar-refractivity contribution in [1.82, 2.24) is 30.3 Å². The molecule has 0 aliphatic carbocycles. The Balaban J connectivity index is 0.00000218. The first-order chi connectivity index (χ1) is 25.5. The van der Waals surface area contributed by atoms with Gasteiger partial charge in [-0.25, -0.2) is 15.2 Å². The topological polar surface area (TPSA) is 146 Å². The van der Waals surface area contributed by atoms with E-state index < -0.39 is 29.6 Å². The molecule has 3 aromatic heterocycles. The van der Waals surface area contributed by atoms with Crippen LogP contribution in [0, 0.1) is 5.41 Å². The van der Waals surface area contributed by atoms with Crippen LogP contribution in [0.2, 0.25) is 0 Å². The molecular formula is C39H56N6O7S5. The van der Waals surface area contributed by atoms with Crippen LogP contribution < -0.4 is 10.7 Å². The monoisotopic (exact) mass is 880 g/mol. The number of carbonyl (C=O) groups is 3. The summed E-state index contributed by atoms with van der Waals surface area (Å²) < 4.78 is 25.1. The summed E-state index contributed by atoms with van der Waals surface area (Å²) in [5.74, 6) is -0.800. The van der Waals surface area contributed by atoms with Gasteiger partial charge in [-0.15, -0.1) is 11.3 Å². The molecule has 0 radical (unpaired) electrons. The number of aryl methyl sites for hydroxylation is 1. The molecule has 4 aromatic rings. The van der Waals surface area contributed by atoms with Gasteiger partial charge in [0.05, 0.1) is 48.0 Å². The van der Waals surface area contributed by atoms with Crippen LogP contribution in [0.25, 0.3) is 33.4 Å². The number of rotatable bonds is 6. The second kappa shape index (κ2) is 20.8. The molecule has 2 saturated heterocycles. The van der Waals surface area contributed by atoms with Crippen LogP contribution in [0.3, 0.4) is 0 Å². The molecule has 0 saturated carbocycles. The number of cyclic esters (lactones) is 1. The Morgan fingerprint density at radius 1 is 1.16 bits per heavy atom. The highest BCUT2D eigenvalue weighted by atomic mass is 32.1. The number of pyridine rings is 1. The number of nitrogens with one attached hydrogen (secondary N) is 2. The van der Waals surface area contributed by atoms with Crippen molar-refractivity contribution in [1.29, 1.82) is 0 Å². The SMILES string of the molecule is CCn1c(-c2cccnc2[C@H](C)OC)c2c3cc(ccc31)-c1csc(n1)C[C@H](NC(=O)O[C@H]1CCOC1)C(=O)N1CCC[C@H](N1)C(=O)OCC(C)(C)C2.S.S.S.S. The number of fused-ring (bicyclic) bond motifs is 6. The average Bonchev–Trinajstić information content (AvgIpc) is 3.92. The number of thiazole rings is 1. The summed E-state index contributed by atoms with van der Waals surface area (Å²) in [5, 5.41) is 7.96. The molecule has 2 amide bonds. The van der Waals surface area contributed by atoms with Gasteiger partial charge in [0.1, 0.15) is 18.2 Å². The van der Waals surface area contributed by atoms with Gasteiger partial charge >= 0.3 is 12.1 Å². The lowest BCUT2D eigenvalue weighted by molar-refractivity contribution is -0.155. The highest BCUT2D eigenvalue weighted by Crippen LogP contribution is 2.42. The molecule has 2 N–H and O–H groups in total. The molecular weight excluding hydrogens is 825 g/mol. The molecule has 2 fully saturated rings. The van der Waals surface area contributed by atoms with E-state index in [0.717, 1.165) is 51.2 Å². The van der Waals surface area contributed by atoms with Gasteiger partial charge < -0.3 is 28.8 Å². The molecule has 6 heterocycles. The third-order valence-corrected chi connectivity index (χ3v) is 11.2. The predicted octanol–water partition coefficient (Wildman–Crippen LogP) is 6.05. The Kier molecular flexibility index (Phi) is 17.7. The van der Waals surface area contributed by atoms with Crippen molar-refractivity contribution in [3.05, 3.63) is 58.2 Å². The zero-order chi connectivity index (χ0) is 37.3. The van der Waals surface area contributed by atoms with Crippen molar-refractivity contribution in [3.8, 4) is 22.5 Å². The van der Waals surface area contributed by atoms with E-state index in [-0.39, 0.29) is 85.1 Å². The third-order valence-electron chi connectivity index (χ3n) is 10.3. The predicted molar refractivity (Wildman–Crippen MR) is 242 cm³/mol. The van der Waals surface area contributed by atoms with E-state index in [0.29, 0.717) is 50.4 Å². The summed E-state index contributed by atoms with van der Waals surface area (Å²) in [6, 6.07) is 8.75. The van der Waals surface area contributed by atoms with Crippen molar-refractivity contribution in [2.75, 3.05) is 33.5 Å². The van der Waals surface area contributed by atoms with Gasteiger partial charge in [-0.05, 0) is 62.9 Å². The largest absolute Gasteiger partial charge is 0.464 e. The molecule has 0 spiro atoms. The Bertz CT molecular complexity index is 2000. The lowest BCUT2D eigenvalue weighted by atomic mass is 9.84. The normalized spacial score (nSPS) is 21.1. The van der Waals surface area contributed by atoms with Crippen LogP contribution in [0.5, 0.6) is 0 Å². The Morgan fingerprint density at radius 2 is 1.95 bits per heavy atom. The summed E-state index contributed by atoms with van der Waals surface area (Å²) in [7, 11) is 1.69. The third kappa shape index (κ3) is 10.6. The van der Waals surface area contributed by atoms with E-state index >= 15 is 0 Å². The number of amides is 2. The van der Waals surface area contributed by atoms with E-state index in [9.17, 15) is 14.4 Å². The molecule has 13 nitrogen and oxygen atoms in total. The number of methoxy groups -OCH3 is 1. The van der Waals surface area contributed by atoms with Gasteiger partial charge in [0.25, 0.3) is 5.91 Å². The summed E-state index contributed by atoms with van der Waals surface area (Å²) in [6.07, 6.45) is 2.96. The van der Waals surface area contributed by atoms with Crippen molar-refractivity contribution in [2.24, 2.45) is 5.41 Å². The minimum absolute atomic E-state index is 0. The van der Waals surface area contributed by atoms with Crippen LogP contribution in [-0.2, 0) is 47.9 Å². The molecule has 3 aliphatic heterocycles. The zero-order valence-corrected chi connectivity index (χ0v) is 37.8. The summed E-state index contributed by atoms with van der Waals surface area (Å²) in [6.45, 7) is 10.5. The number of hydrazine groups is 1. The zero-order valence-electron chi connectivity index (χ0n) is 33.0. The first kappa shape index (κ1) is 48.4. The number of hydrogen-bond acceptors (Lipinski definition) is 11. The fourth-order valence-electron chi connectivity index (χ4n) is 7.50. The average molecular weight is 881 g/mol. The lowest BCUT2D eigenvalue weighted by Gasteiger charge is -2.35. The van der Waals surface area contributed by atoms with Crippen LogP contribution in [0.15, 0.2) is 41.9 Å². The fraction of sp³-hybridized carbons (Fsp3) is 0.513. The summed E-state index contributed by atoms with van der Waals surface area (Å²) in [4.78, 5) is 50.5. The quantitative estimate of drug-likeness (QED) is 0.220. The van der Waals surface area contributed by atoms with E-state index in [1.807, 2.05) is 18.4 Å². The molecule has 1 aromatic carbocycles. The number of alkyl carbamates (subject to hydrolysis) is 1. The summed E-state index contributed by atoms with van der Waals surface area (Å²) >= 11 is 1.43. The highest BCUT2D eigenvalue weighted by Gasteiger charge is 2.36. The highest BCUT2D eigenvalue weighted by molar-refractivity contribution is 7.59. The maximum Gasteiger partial charge on any atom is 0.408 e. The van der Waals surface area contributed by atoms with Crippen molar-refractivity contribution < 1.29 is 33.3 Å². The standard InChI is InChI=1S/C39H48N6O7S.4H2S/c1-6-44-32-12-11-24-17-27(32)28(35(44)26-9-7-14-40-34(26)23(2)49-5)19-39(3,4)22-51-37(47)29-10-8-15-45(43-29)36(46)30(18-33-41-31(24)21-53-33)42-38(48)52-25-13-16-50-20-25;;;;/h7,9,11-12,14,17,21,23,25,29-30,43H,6,8,10,13,15-16,18-20,22H2,1-5H3,(H,42,48);4*1H2/t23-,25-,29-,30-;;;;/m0..../s1. The van der Waals surface area contributed by atoms with Gasteiger partial charge in [-0.2, -0.15) is 54.0 Å². The number of ether oxygens (including phenoxy) is 4. The molecule has 4 atom stereocenters. The van der Waals surface area contributed by atoms with E-state index in [2.05, 4.69) is 60.3 Å². The van der Waals surface area contributed by atoms with Gasteiger partial charge in [0, 0.05) is 72.1 Å². The van der Waals surface area contributed by atoms with Gasteiger partial charge in [0.2, 0.25) is 0 Å². The minimum Gasteiger partial charge on any atom is -0.464 e. The number of esters is 1. The molecule has 3 aliphatic rings. The molecule has 6 bridgehead atoms. The molecule has 0 unspecified atom stereocenters. The van der Waals surface area contributed by atoms with Crippen LogP contribution in [0.1, 0.15) is 69.3 Å². The van der Waals surface area contributed by atoms with E-state index in [1.165, 1.54) is 16.3 Å². The van der Waals surface area contributed by atoms with E-state index in [4.69, 9.17) is 28.9 Å². The molecule has 57 heavy (non-hydrogen) atoms. The molecule has 18 heteroatoms. The van der Waals surface area contributed by atoms with E-state index in [1.54, 1.807) is 13.3 Å².